The fraction of sp³-hybridized carbons (Fsp3) is 0.167. The molecule has 18 heavy (non-hydrogen) atoms. The normalized spacial score (nSPS) is 15.7. The van der Waals surface area contributed by atoms with Crippen molar-refractivity contribution in [3.63, 3.8) is 0 Å². The first-order valence-corrected chi connectivity index (χ1v) is 6.21. The highest BCUT2D eigenvalue weighted by Crippen LogP contribution is 2.42. The summed E-state index contributed by atoms with van der Waals surface area (Å²) in [6.45, 7) is 0.638. The second kappa shape index (κ2) is 4.13. The number of alkyl halides is 2. The van der Waals surface area contributed by atoms with Crippen molar-refractivity contribution in [2.45, 2.75) is 12.8 Å². The Morgan fingerprint density at radius 2 is 2.00 bits per heavy atom. The third-order valence-electron chi connectivity index (χ3n) is 2.48. The molecule has 0 radical (unpaired) electrons. The Morgan fingerprint density at radius 1 is 1.17 bits per heavy atom. The molecule has 94 valence electrons. The molecule has 1 aromatic heterocycles. The summed E-state index contributed by atoms with van der Waals surface area (Å²) in [5, 5.41) is 7.14. The molecule has 0 fully saturated rings. The van der Waals surface area contributed by atoms with Gasteiger partial charge in [0.1, 0.15) is 0 Å². The van der Waals surface area contributed by atoms with Gasteiger partial charge in [-0.15, -0.1) is 8.78 Å². The number of benzene rings is 1. The lowest BCUT2D eigenvalue weighted by Crippen LogP contribution is -2.25. The van der Waals surface area contributed by atoms with Gasteiger partial charge >= 0.3 is 6.29 Å². The van der Waals surface area contributed by atoms with Crippen LogP contribution in [0.25, 0.3) is 0 Å². The van der Waals surface area contributed by atoms with Crippen LogP contribution in [0.4, 0.5) is 14.5 Å². The zero-order valence-electron chi connectivity index (χ0n) is 9.15. The maximum absolute atomic E-state index is 12.8. The Bertz CT molecular complexity index is 557. The molecular weight excluding hydrogens is 260 g/mol. The Hall–Kier alpha value is -1.82. The van der Waals surface area contributed by atoms with Gasteiger partial charge in [-0.25, -0.2) is 0 Å². The lowest BCUT2D eigenvalue weighted by Gasteiger charge is -2.05. The molecule has 0 saturated heterocycles. The number of halogens is 2. The molecule has 0 atom stereocenters. The van der Waals surface area contributed by atoms with Gasteiger partial charge in [-0.2, -0.15) is 11.3 Å². The van der Waals surface area contributed by atoms with Gasteiger partial charge in [0.15, 0.2) is 11.5 Å². The first kappa shape index (κ1) is 11.3. The van der Waals surface area contributed by atoms with E-state index in [0.29, 0.717) is 12.2 Å². The number of anilines is 1. The highest BCUT2D eigenvalue weighted by Gasteiger charge is 2.43. The van der Waals surface area contributed by atoms with E-state index >= 15 is 0 Å². The number of hydrogen-bond donors (Lipinski definition) is 1. The number of ether oxygens (including phenoxy) is 2. The maximum atomic E-state index is 12.8. The molecule has 0 unspecified atom stereocenters. The summed E-state index contributed by atoms with van der Waals surface area (Å²) in [5.41, 5.74) is 1.85. The Kier molecular flexibility index (Phi) is 2.59. The van der Waals surface area contributed by atoms with Crippen molar-refractivity contribution in [3.8, 4) is 11.5 Å². The van der Waals surface area contributed by atoms with E-state index in [9.17, 15) is 8.78 Å². The van der Waals surface area contributed by atoms with Crippen molar-refractivity contribution in [1.29, 1.82) is 0 Å². The number of hydrogen-bond acceptors (Lipinski definition) is 4. The van der Waals surface area contributed by atoms with Gasteiger partial charge in [0.2, 0.25) is 0 Å². The molecule has 3 nitrogen and oxygen atoms in total. The molecule has 1 aromatic carbocycles. The van der Waals surface area contributed by atoms with Crippen LogP contribution in [0.3, 0.4) is 0 Å². The lowest BCUT2D eigenvalue weighted by molar-refractivity contribution is -0.286. The molecular formula is C12H9F2NO2S. The zero-order chi connectivity index (χ0) is 12.6. The Morgan fingerprint density at radius 3 is 2.78 bits per heavy atom. The predicted molar refractivity (Wildman–Crippen MR) is 64.3 cm³/mol. The first-order valence-electron chi connectivity index (χ1n) is 5.27. The van der Waals surface area contributed by atoms with E-state index in [2.05, 4.69) is 14.8 Å². The van der Waals surface area contributed by atoms with Crippen LogP contribution in [0.1, 0.15) is 5.56 Å². The smallest absolute Gasteiger partial charge is 0.395 e. The van der Waals surface area contributed by atoms with E-state index in [1.54, 1.807) is 17.4 Å². The van der Waals surface area contributed by atoms with Gasteiger partial charge in [-0.05, 0) is 34.5 Å². The lowest BCUT2D eigenvalue weighted by atomic mass is 10.2. The molecule has 1 aliphatic heterocycles. The molecule has 0 bridgehead atoms. The quantitative estimate of drug-likeness (QED) is 0.922. The van der Waals surface area contributed by atoms with Crippen LogP contribution in [0.2, 0.25) is 0 Å². The number of rotatable bonds is 3. The summed E-state index contributed by atoms with van der Waals surface area (Å²) < 4.78 is 34.3. The molecule has 0 amide bonds. The van der Waals surface area contributed by atoms with Crippen molar-refractivity contribution in [2.24, 2.45) is 0 Å². The van der Waals surface area contributed by atoms with Gasteiger partial charge in [0.25, 0.3) is 0 Å². The average molecular weight is 269 g/mol. The first-order chi connectivity index (χ1) is 8.62. The van der Waals surface area contributed by atoms with Gasteiger partial charge < -0.3 is 14.8 Å². The van der Waals surface area contributed by atoms with E-state index in [4.69, 9.17) is 0 Å². The van der Waals surface area contributed by atoms with E-state index < -0.39 is 6.29 Å². The highest BCUT2D eigenvalue weighted by molar-refractivity contribution is 7.07. The monoisotopic (exact) mass is 269 g/mol. The molecule has 1 aliphatic rings. The number of thiophene rings is 1. The minimum Gasteiger partial charge on any atom is -0.395 e. The van der Waals surface area contributed by atoms with E-state index in [1.807, 2.05) is 16.8 Å². The van der Waals surface area contributed by atoms with Crippen LogP contribution in [-0.4, -0.2) is 6.29 Å². The van der Waals surface area contributed by atoms with Gasteiger partial charge in [-0.1, -0.05) is 0 Å². The summed E-state index contributed by atoms with van der Waals surface area (Å²) in [6, 6.07) is 6.64. The van der Waals surface area contributed by atoms with Crippen LogP contribution in [-0.2, 0) is 6.54 Å². The second-order valence-electron chi connectivity index (χ2n) is 3.81. The summed E-state index contributed by atoms with van der Waals surface area (Å²) >= 11 is 1.61. The second-order valence-corrected chi connectivity index (χ2v) is 4.59. The topological polar surface area (TPSA) is 30.5 Å². The molecule has 2 heterocycles. The number of nitrogens with one attached hydrogen (secondary N) is 1. The Labute approximate surface area is 106 Å². The van der Waals surface area contributed by atoms with E-state index in [1.165, 1.54) is 12.1 Å². The summed E-state index contributed by atoms with van der Waals surface area (Å²) in [7, 11) is 0. The fourth-order valence-corrected chi connectivity index (χ4v) is 2.32. The van der Waals surface area contributed by atoms with Gasteiger partial charge in [0, 0.05) is 18.3 Å². The largest absolute Gasteiger partial charge is 0.586 e. The van der Waals surface area contributed by atoms with Crippen molar-refractivity contribution in [2.75, 3.05) is 5.32 Å². The molecule has 1 N–H and O–H groups in total. The Balaban J connectivity index is 1.72. The minimum atomic E-state index is -3.56. The molecule has 0 spiro atoms. The van der Waals surface area contributed by atoms with E-state index in [-0.39, 0.29) is 11.5 Å². The number of fused-ring (bicyclic) bond motifs is 1. The minimum absolute atomic E-state index is 0.0512. The van der Waals surface area contributed by atoms with Crippen LogP contribution < -0.4 is 14.8 Å². The SMILES string of the molecule is FC1(F)Oc2ccc(NCc3ccsc3)cc2O1. The van der Waals surface area contributed by atoms with Crippen LogP contribution in [0.15, 0.2) is 35.0 Å². The average Bonchev–Trinajstić information content (AvgIpc) is 2.90. The van der Waals surface area contributed by atoms with Crippen molar-refractivity contribution < 1.29 is 18.3 Å². The molecule has 3 rings (SSSR count). The zero-order valence-corrected chi connectivity index (χ0v) is 9.97. The standard InChI is InChI=1S/C12H9F2NO2S/c13-12(14)16-10-2-1-9(5-11(10)17-12)15-6-8-3-4-18-7-8/h1-5,7,15H,6H2. The van der Waals surface area contributed by atoms with Crippen molar-refractivity contribution in [1.82, 2.24) is 0 Å². The molecule has 0 saturated carbocycles. The van der Waals surface area contributed by atoms with Gasteiger partial charge in [-0.3, -0.25) is 0 Å². The third kappa shape index (κ3) is 2.24. The maximum Gasteiger partial charge on any atom is 0.586 e. The van der Waals surface area contributed by atoms with Crippen molar-refractivity contribution >= 4 is 17.0 Å². The molecule has 2 aromatic rings. The predicted octanol–water partition coefficient (Wildman–Crippen LogP) is 3.68. The van der Waals surface area contributed by atoms with Gasteiger partial charge in [0.05, 0.1) is 0 Å². The van der Waals surface area contributed by atoms with E-state index in [0.717, 1.165) is 5.56 Å². The third-order valence-corrected chi connectivity index (χ3v) is 3.21. The molecule has 6 heteroatoms. The highest BCUT2D eigenvalue weighted by atomic mass is 32.1. The summed E-state index contributed by atoms with van der Waals surface area (Å²) in [5.74, 6) is 0.108. The van der Waals surface area contributed by atoms with Crippen LogP contribution in [0, 0.1) is 0 Å². The molecule has 0 aliphatic carbocycles. The van der Waals surface area contributed by atoms with Crippen LogP contribution in [0.5, 0.6) is 11.5 Å². The van der Waals surface area contributed by atoms with Crippen LogP contribution >= 0.6 is 11.3 Å². The summed E-state index contributed by atoms with van der Waals surface area (Å²) in [4.78, 5) is 0. The summed E-state index contributed by atoms with van der Waals surface area (Å²) in [6.07, 6.45) is -3.56. The van der Waals surface area contributed by atoms with Crippen molar-refractivity contribution in [3.05, 3.63) is 40.6 Å². The fourth-order valence-electron chi connectivity index (χ4n) is 1.66.